The third-order valence-corrected chi connectivity index (χ3v) is 3.80. The van der Waals surface area contributed by atoms with Crippen LogP contribution in [0.3, 0.4) is 0 Å². The lowest BCUT2D eigenvalue weighted by Gasteiger charge is -2.24. The molecule has 0 bridgehead atoms. The summed E-state index contributed by atoms with van der Waals surface area (Å²) in [4.78, 5) is 8.86. The first-order chi connectivity index (χ1) is 12.7. The molecule has 7 heteroatoms. The summed E-state index contributed by atoms with van der Waals surface area (Å²) in [5.74, 6) is 2.60. The average Bonchev–Trinajstić information content (AvgIpc) is 2.68. The monoisotopic (exact) mass is 353 g/mol. The maximum atomic E-state index is 5.87. The van der Waals surface area contributed by atoms with Crippen molar-refractivity contribution in [2.75, 3.05) is 20.3 Å². The molecule has 26 heavy (non-hydrogen) atoms. The smallest absolute Gasteiger partial charge is 0.200 e. The number of aliphatic imine (C=N–C) groups is 2. The summed E-state index contributed by atoms with van der Waals surface area (Å²) in [5.41, 5.74) is 6.90. The van der Waals surface area contributed by atoms with Crippen molar-refractivity contribution in [2.24, 2.45) is 15.7 Å². The lowest BCUT2D eigenvalue weighted by atomic mass is 10.2. The van der Waals surface area contributed by atoms with Gasteiger partial charge >= 0.3 is 0 Å². The molecule has 0 radical (unpaired) electrons. The highest BCUT2D eigenvalue weighted by molar-refractivity contribution is 5.99. The number of ether oxygens (including phenoxy) is 2. The van der Waals surface area contributed by atoms with E-state index in [1.807, 2.05) is 54.6 Å². The molecule has 0 amide bonds. The van der Waals surface area contributed by atoms with Crippen LogP contribution in [-0.4, -0.2) is 32.2 Å². The Morgan fingerprint density at radius 2 is 1.81 bits per heavy atom. The Labute approximate surface area is 152 Å². The fraction of sp³-hybridized carbons (Fsp3) is 0.263. The van der Waals surface area contributed by atoms with Gasteiger partial charge in [0, 0.05) is 13.0 Å². The molecule has 1 unspecified atom stereocenters. The number of guanidine groups is 2. The minimum absolute atomic E-state index is 0.230. The molecule has 2 aromatic rings. The molecule has 7 nitrogen and oxygen atoms in total. The molecule has 0 aromatic heterocycles. The number of nitrogens with zero attached hydrogens (tertiary/aromatic N) is 2. The Morgan fingerprint density at radius 1 is 1.08 bits per heavy atom. The highest BCUT2D eigenvalue weighted by Crippen LogP contribution is 2.17. The summed E-state index contributed by atoms with van der Waals surface area (Å²) in [5, 5.41) is 6.19. The standard InChI is InChI=1S/C19H23N5O2/c1-25-15-8-10-16(11-9-15)26-13-5-12-21-19-23-17(22-18(20)24-19)14-6-3-2-4-7-14/h2-4,6-11,17H,5,12-13H2,1H3,(H4,20,21,22,23,24). The number of hydrogen-bond donors (Lipinski definition) is 3. The van der Waals surface area contributed by atoms with Gasteiger partial charge in [-0.2, -0.15) is 0 Å². The van der Waals surface area contributed by atoms with Crippen LogP contribution in [0.2, 0.25) is 0 Å². The van der Waals surface area contributed by atoms with E-state index >= 15 is 0 Å². The van der Waals surface area contributed by atoms with Gasteiger partial charge in [0.15, 0.2) is 18.1 Å². The van der Waals surface area contributed by atoms with Crippen LogP contribution >= 0.6 is 0 Å². The minimum Gasteiger partial charge on any atom is -0.497 e. The zero-order chi connectivity index (χ0) is 18.2. The van der Waals surface area contributed by atoms with E-state index in [9.17, 15) is 0 Å². The van der Waals surface area contributed by atoms with Gasteiger partial charge in [0.2, 0.25) is 0 Å². The van der Waals surface area contributed by atoms with Gasteiger partial charge in [-0.25, -0.2) is 4.99 Å². The largest absolute Gasteiger partial charge is 0.497 e. The first kappa shape index (κ1) is 17.6. The summed E-state index contributed by atoms with van der Waals surface area (Å²) in [6.45, 7) is 1.19. The average molecular weight is 353 g/mol. The number of rotatable bonds is 7. The van der Waals surface area contributed by atoms with Gasteiger partial charge in [-0.1, -0.05) is 30.3 Å². The van der Waals surface area contributed by atoms with Gasteiger partial charge in [0.1, 0.15) is 11.5 Å². The van der Waals surface area contributed by atoms with Gasteiger partial charge in [0.25, 0.3) is 0 Å². The normalized spacial score (nSPS) is 17.8. The molecule has 0 saturated heterocycles. The van der Waals surface area contributed by atoms with Crippen molar-refractivity contribution in [2.45, 2.75) is 12.6 Å². The van der Waals surface area contributed by atoms with Gasteiger partial charge < -0.3 is 20.5 Å². The molecular formula is C19H23N5O2. The second-order valence-electron chi connectivity index (χ2n) is 5.70. The SMILES string of the molecule is COc1ccc(OCCCN=C2NC(N)=NC(c3ccccc3)N2)cc1. The molecule has 1 aliphatic rings. The summed E-state index contributed by atoms with van der Waals surface area (Å²) in [7, 11) is 1.64. The van der Waals surface area contributed by atoms with E-state index in [1.54, 1.807) is 7.11 Å². The van der Waals surface area contributed by atoms with E-state index in [0.29, 0.717) is 25.1 Å². The van der Waals surface area contributed by atoms with E-state index in [0.717, 1.165) is 23.5 Å². The van der Waals surface area contributed by atoms with E-state index < -0.39 is 0 Å². The van der Waals surface area contributed by atoms with Crippen molar-refractivity contribution in [1.29, 1.82) is 0 Å². The molecule has 4 N–H and O–H groups in total. The highest BCUT2D eigenvalue weighted by atomic mass is 16.5. The molecule has 0 spiro atoms. The molecule has 2 aromatic carbocycles. The van der Waals surface area contributed by atoms with Crippen molar-refractivity contribution in [3.63, 3.8) is 0 Å². The Kier molecular flexibility index (Phi) is 5.92. The van der Waals surface area contributed by atoms with Crippen LogP contribution < -0.4 is 25.8 Å². The van der Waals surface area contributed by atoms with Crippen LogP contribution in [0.25, 0.3) is 0 Å². The van der Waals surface area contributed by atoms with Gasteiger partial charge in [-0.3, -0.25) is 10.3 Å². The van der Waals surface area contributed by atoms with Crippen LogP contribution in [0.5, 0.6) is 11.5 Å². The molecule has 1 aliphatic heterocycles. The summed E-state index contributed by atoms with van der Waals surface area (Å²) in [6.07, 6.45) is 0.554. The van der Waals surface area contributed by atoms with E-state index in [4.69, 9.17) is 15.2 Å². The third kappa shape index (κ3) is 4.89. The number of nitrogens with one attached hydrogen (secondary N) is 2. The van der Waals surface area contributed by atoms with Crippen LogP contribution in [0.15, 0.2) is 64.6 Å². The van der Waals surface area contributed by atoms with Crippen molar-refractivity contribution in [3.05, 3.63) is 60.2 Å². The maximum absolute atomic E-state index is 5.87. The van der Waals surface area contributed by atoms with Crippen LogP contribution in [0, 0.1) is 0 Å². The molecule has 1 heterocycles. The van der Waals surface area contributed by atoms with E-state index in [2.05, 4.69) is 20.6 Å². The predicted molar refractivity (Wildman–Crippen MR) is 102 cm³/mol. The Morgan fingerprint density at radius 3 is 2.54 bits per heavy atom. The molecule has 0 saturated carbocycles. The second kappa shape index (κ2) is 8.75. The zero-order valence-electron chi connectivity index (χ0n) is 14.7. The topological polar surface area (TPSA) is 93.3 Å². The van der Waals surface area contributed by atoms with E-state index in [-0.39, 0.29) is 6.17 Å². The highest BCUT2D eigenvalue weighted by Gasteiger charge is 2.17. The number of benzene rings is 2. The van der Waals surface area contributed by atoms with Crippen LogP contribution in [-0.2, 0) is 0 Å². The van der Waals surface area contributed by atoms with Crippen molar-refractivity contribution < 1.29 is 9.47 Å². The summed E-state index contributed by atoms with van der Waals surface area (Å²) >= 11 is 0. The van der Waals surface area contributed by atoms with Crippen LogP contribution in [0.4, 0.5) is 0 Å². The summed E-state index contributed by atoms with van der Waals surface area (Å²) < 4.78 is 10.8. The quantitative estimate of drug-likeness (QED) is 0.662. The lowest BCUT2D eigenvalue weighted by molar-refractivity contribution is 0.312. The zero-order valence-corrected chi connectivity index (χ0v) is 14.7. The fourth-order valence-electron chi connectivity index (χ4n) is 2.49. The first-order valence-electron chi connectivity index (χ1n) is 8.47. The van der Waals surface area contributed by atoms with Crippen molar-refractivity contribution >= 4 is 11.9 Å². The Balaban J connectivity index is 1.47. The fourth-order valence-corrected chi connectivity index (χ4v) is 2.49. The predicted octanol–water partition coefficient (Wildman–Crippen LogP) is 2.03. The molecule has 1 atom stereocenters. The van der Waals surface area contributed by atoms with E-state index in [1.165, 1.54) is 0 Å². The van der Waals surface area contributed by atoms with Crippen molar-refractivity contribution in [1.82, 2.24) is 10.6 Å². The molecular weight excluding hydrogens is 330 g/mol. The molecule has 3 rings (SSSR count). The Bertz CT molecular complexity index is 759. The second-order valence-corrected chi connectivity index (χ2v) is 5.70. The van der Waals surface area contributed by atoms with Crippen LogP contribution in [0.1, 0.15) is 18.2 Å². The Hall–Kier alpha value is -3.22. The maximum Gasteiger partial charge on any atom is 0.200 e. The van der Waals surface area contributed by atoms with Crippen molar-refractivity contribution in [3.8, 4) is 11.5 Å². The number of methoxy groups -OCH3 is 1. The number of nitrogens with two attached hydrogens (primary N) is 1. The number of hydrogen-bond acceptors (Lipinski definition) is 5. The summed E-state index contributed by atoms with van der Waals surface area (Å²) in [6, 6.07) is 17.4. The molecule has 0 aliphatic carbocycles. The molecule has 0 fully saturated rings. The first-order valence-corrected chi connectivity index (χ1v) is 8.47. The van der Waals surface area contributed by atoms with Gasteiger partial charge in [-0.05, 0) is 29.8 Å². The van der Waals surface area contributed by atoms with Gasteiger partial charge in [0.05, 0.1) is 13.7 Å². The molecule has 136 valence electrons. The minimum atomic E-state index is -0.230. The van der Waals surface area contributed by atoms with Gasteiger partial charge in [-0.15, -0.1) is 0 Å². The third-order valence-electron chi connectivity index (χ3n) is 3.80. The lowest BCUT2D eigenvalue weighted by Crippen LogP contribution is -2.50.